The minimum atomic E-state index is -0.479. The summed E-state index contributed by atoms with van der Waals surface area (Å²) in [6, 6.07) is 3.83. The number of amides is 2. The van der Waals surface area contributed by atoms with Crippen molar-refractivity contribution in [1.29, 1.82) is 0 Å². The van der Waals surface area contributed by atoms with Crippen LogP contribution in [0.15, 0.2) is 24.5 Å². The van der Waals surface area contributed by atoms with Gasteiger partial charge >= 0.3 is 0 Å². The van der Waals surface area contributed by atoms with Gasteiger partial charge in [0.1, 0.15) is 0 Å². The highest BCUT2D eigenvalue weighted by Gasteiger charge is 2.68. The molecule has 1 spiro atoms. The van der Waals surface area contributed by atoms with E-state index in [0.717, 1.165) is 18.4 Å². The first kappa shape index (κ1) is 17.4. The molecule has 3 aliphatic rings. The minimum absolute atomic E-state index is 0.0313. The summed E-state index contributed by atoms with van der Waals surface area (Å²) in [5.74, 6) is -0.660. The molecule has 0 aliphatic carbocycles. The van der Waals surface area contributed by atoms with Crippen molar-refractivity contribution in [3.63, 3.8) is 0 Å². The summed E-state index contributed by atoms with van der Waals surface area (Å²) in [6.07, 6.45) is 5.03. The van der Waals surface area contributed by atoms with Gasteiger partial charge in [-0.3, -0.25) is 14.6 Å². The zero-order valence-electron chi connectivity index (χ0n) is 15.1. The van der Waals surface area contributed by atoms with E-state index >= 15 is 0 Å². The zero-order valence-corrected chi connectivity index (χ0v) is 15.1. The van der Waals surface area contributed by atoms with Crippen molar-refractivity contribution in [3.05, 3.63) is 30.1 Å². The number of nitrogens with zero attached hydrogens (tertiary/aromatic N) is 3. The largest absolute Gasteiger partial charge is 0.368 e. The maximum atomic E-state index is 13.4. The fourth-order valence-electron chi connectivity index (χ4n) is 4.93. The van der Waals surface area contributed by atoms with Crippen LogP contribution in [0.25, 0.3) is 0 Å². The Morgan fingerprint density at radius 1 is 1.46 bits per heavy atom. The molecule has 1 aromatic heterocycles. The molecular formula is C19H26N4O3. The molecule has 4 atom stereocenters. The van der Waals surface area contributed by atoms with Crippen molar-refractivity contribution in [2.45, 2.75) is 38.0 Å². The Hall–Kier alpha value is -1.99. The number of likely N-dealkylation sites (tertiary alicyclic amines) is 1. The molecule has 7 heteroatoms. The van der Waals surface area contributed by atoms with E-state index in [-0.39, 0.29) is 29.8 Å². The van der Waals surface area contributed by atoms with Gasteiger partial charge in [-0.1, -0.05) is 0 Å². The Labute approximate surface area is 153 Å². The van der Waals surface area contributed by atoms with Crippen LogP contribution in [0.5, 0.6) is 0 Å². The highest BCUT2D eigenvalue weighted by Crippen LogP contribution is 2.55. The molecule has 3 aliphatic heterocycles. The second kappa shape index (κ2) is 6.63. The molecule has 140 valence electrons. The first-order valence-corrected chi connectivity index (χ1v) is 9.44. The third-order valence-corrected chi connectivity index (χ3v) is 6.10. The van der Waals surface area contributed by atoms with E-state index < -0.39 is 5.60 Å². The van der Waals surface area contributed by atoms with Crippen LogP contribution in [0.1, 0.15) is 25.3 Å². The monoisotopic (exact) mass is 358 g/mol. The smallest absolute Gasteiger partial charge is 0.229 e. The van der Waals surface area contributed by atoms with Crippen LogP contribution in [-0.4, -0.2) is 64.5 Å². The number of carbonyl (C=O) groups excluding carboxylic acids is 2. The van der Waals surface area contributed by atoms with Gasteiger partial charge in [-0.2, -0.15) is 0 Å². The molecular weight excluding hydrogens is 332 g/mol. The molecule has 2 bridgehead atoms. The maximum Gasteiger partial charge on any atom is 0.229 e. The summed E-state index contributed by atoms with van der Waals surface area (Å²) in [7, 11) is 0. The van der Waals surface area contributed by atoms with Gasteiger partial charge in [0, 0.05) is 38.6 Å². The van der Waals surface area contributed by atoms with E-state index in [1.54, 1.807) is 17.3 Å². The Kier molecular flexibility index (Phi) is 4.44. The van der Waals surface area contributed by atoms with Crippen molar-refractivity contribution in [1.82, 2.24) is 14.8 Å². The molecule has 2 amide bonds. The van der Waals surface area contributed by atoms with Crippen LogP contribution in [0.3, 0.4) is 0 Å². The molecule has 2 N–H and O–H groups in total. The number of aromatic nitrogens is 1. The first-order chi connectivity index (χ1) is 12.6. The quantitative estimate of drug-likeness (QED) is 0.795. The van der Waals surface area contributed by atoms with Crippen LogP contribution in [0, 0.1) is 11.8 Å². The summed E-state index contributed by atoms with van der Waals surface area (Å²) < 4.78 is 6.25. The summed E-state index contributed by atoms with van der Waals surface area (Å²) in [5.41, 5.74) is 6.21. The van der Waals surface area contributed by atoms with Crippen LogP contribution >= 0.6 is 0 Å². The van der Waals surface area contributed by atoms with Crippen molar-refractivity contribution in [2.75, 3.05) is 26.2 Å². The van der Waals surface area contributed by atoms with Crippen molar-refractivity contribution in [2.24, 2.45) is 17.6 Å². The van der Waals surface area contributed by atoms with E-state index in [1.165, 1.54) is 0 Å². The van der Waals surface area contributed by atoms with E-state index in [0.29, 0.717) is 32.7 Å². The summed E-state index contributed by atoms with van der Waals surface area (Å²) in [6.45, 7) is 4.64. The normalized spacial score (nSPS) is 32.2. The maximum absolute atomic E-state index is 13.4. The molecule has 7 nitrogen and oxygen atoms in total. The molecule has 1 aromatic rings. The molecule has 0 saturated carbocycles. The zero-order chi connectivity index (χ0) is 18.3. The average Bonchev–Trinajstić information content (AvgIpc) is 3.29. The molecule has 3 fully saturated rings. The SMILES string of the molecule is CCN(Cc1ccncc1)C(=O)C1C2CC[C@@]3(CN(CCN)C(=O)C13)O2. The van der Waals surface area contributed by atoms with Crippen molar-refractivity contribution in [3.8, 4) is 0 Å². The van der Waals surface area contributed by atoms with E-state index in [9.17, 15) is 9.59 Å². The van der Waals surface area contributed by atoms with Gasteiger partial charge in [0.05, 0.1) is 30.1 Å². The summed E-state index contributed by atoms with van der Waals surface area (Å²) in [5, 5.41) is 0. The number of hydrogen-bond donors (Lipinski definition) is 1. The molecule has 0 aromatic carbocycles. The number of hydrogen-bond acceptors (Lipinski definition) is 5. The van der Waals surface area contributed by atoms with Gasteiger partial charge in [-0.25, -0.2) is 0 Å². The van der Waals surface area contributed by atoms with E-state index in [4.69, 9.17) is 10.5 Å². The first-order valence-electron chi connectivity index (χ1n) is 9.44. The Morgan fingerprint density at radius 3 is 2.92 bits per heavy atom. The number of nitrogens with two attached hydrogens (primary N) is 1. The molecule has 3 unspecified atom stereocenters. The standard InChI is InChI=1S/C19H26N4O3/c1-2-22(11-13-4-8-21-9-5-13)17(24)15-14-3-6-19(26-14)12-23(10-7-20)18(25)16(15)19/h4-5,8-9,14-16H,2-3,6-7,10-12,20H2,1H3/t14?,15?,16?,19-/m0/s1. The van der Waals surface area contributed by atoms with Crippen LogP contribution in [0.2, 0.25) is 0 Å². The lowest BCUT2D eigenvalue weighted by atomic mass is 9.72. The lowest BCUT2D eigenvalue weighted by molar-refractivity contribution is -0.144. The van der Waals surface area contributed by atoms with Gasteiger partial charge in [-0.15, -0.1) is 0 Å². The highest BCUT2D eigenvalue weighted by molar-refractivity contribution is 5.92. The fraction of sp³-hybridized carbons (Fsp3) is 0.632. The molecule has 26 heavy (non-hydrogen) atoms. The van der Waals surface area contributed by atoms with Crippen molar-refractivity contribution >= 4 is 11.8 Å². The van der Waals surface area contributed by atoms with E-state index in [2.05, 4.69) is 4.98 Å². The predicted octanol–water partition coefficient (Wildman–Crippen LogP) is 0.395. The Balaban J connectivity index is 1.56. The molecule has 0 radical (unpaired) electrons. The second-order valence-corrected chi connectivity index (χ2v) is 7.52. The molecule has 4 rings (SSSR count). The third-order valence-electron chi connectivity index (χ3n) is 6.10. The number of ether oxygens (including phenoxy) is 1. The van der Waals surface area contributed by atoms with Gasteiger partial charge in [-0.05, 0) is 37.5 Å². The van der Waals surface area contributed by atoms with Gasteiger partial charge < -0.3 is 20.3 Å². The summed E-state index contributed by atoms with van der Waals surface area (Å²) in [4.78, 5) is 34.0. The van der Waals surface area contributed by atoms with Gasteiger partial charge in [0.25, 0.3) is 0 Å². The molecule has 4 heterocycles. The predicted molar refractivity (Wildman–Crippen MR) is 94.8 cm³/mol. The van der Waals surface area contributed by atoms with Crippen LogP contribution < -0.4 is 5.73 Å². The van der Waals surface area contributed by atoms with E-state index in [1.807, 2.05) is 24.0 Å². The summed E-state index contributed by atoms with van der Waals surface area (Å²) >= 11 is 0. The van der Waals surface area contributed by atoms with Crippen molar-refractivity contribution < 1.29 is 14.3 Å². The Morgan fingerprint density at radius 2 is 2.23 bits per heavy atom. The fourth-order valence-corrected chi connectivity index (χ4v) is 4.93. The van der Waals surface area contributed by atoms with Crippen LogP contribution in [-0.2, 0) is 20.9 Å². The van der Waals surface area contributed by atoms with Gasteiger partial charge in [0.2, 0.25) is 11.8 Å². The topological polar surface area (TPSA) is 88.8 Å². The number of carbonyl (C=O) groups is 2. The lowest BCUT2D eigenvalue weighted by Gasteiger charge is -2.31. The third kappa shape index (κ3) is 2.61. The minimum Gasteiger partial charge on any atom is -0.368 e. The highest BCUT2D eigenvalue weighted by atomic mass is 16.5. The van der Waals surface area contributed by atoms with Gasteiger partial charge in [0.15, 0.2) is 0 Å². The number of fused-ring (bicyclic) bond motifs is 1. The Bertz CT molecular complexity index is 697. The lowest BCUT2D eigenvalue weighted by Crippen LogP contribution is -2.47. The molecule has 3 saturated heterocycles. The number of rotatable bonds is 6. The number of pyridine rings is 1. The second-order valence-electron chi connectivity index (χ2n) is 7.52. The van der Waals surface area contributed by atoms with Crippen LogP contribution in [0.4, 0.5) is 0 Å². The average molecular weight is 358 g/mol.